The molecule has 7 heteroatoms. The topological polar surface area (TPSA) is 71.5 Å². The number of hydrogen-bond donors (Lipinski definition) is 1. The van der Waals surface area contributed by atoms with Gasteiger partial charge in [-0.05, 0) is 30.5 Å². The van der Waals surface area contributed by atoms with E-state index in [2.05, 4.69) is 32.9 Å². The largest absolute Gasteiger partial charge is 0.445 e. The highest BCUT2D eigenvalue weighted by Gasteiger charge is 2.34. The molecule has 1 aliphatic rings. The zero-order valence-electron chi connectivity index (χ0n) is 14.2. The summed E-state index contributed by atoms with van der Waals surface area (Å²) in [6, 6.07) is 13.1. The summed E-state index contributed by atoms with van der Waals surface area (Å²) in [6.45, 7) is 0.765. The Labute approximate surface area is 166 Å². The Morgan fingerprint density at radius 3 is 2.62 bits per heavy atom. The number of hydrogen-bond acceptors (Lipinski definition) is 4. The summed E-state index contributed by atoms with van der Waals surface area (Å²) in [6.07, 6.45) is 4.18. The number of carbonyl (C=O) groups excluding carboxylic acids is 2. The highest BCUT2D eigenvalue weighted by Crippen LogP contribution is 2.28. The van der Waals surface area contributed by atoms with Crippen molar-refractivity contribution in [1.82, 2.24) is 9.88 Å². The molecule has 2 aromatic rings. The van der Waals surface area contributed by atoms with E-state index in [0.717, 1.165) is 11.3 Å². The van der Waals surface area contributed by atoms with Gasteiger partial charge >= 0.3 is 6.09 Å². The number of alkyl halides is 1. The number of benzene rings is 1. The van der Waals surface area contributed by atoms with E-state index in [9.17, 15) is 9.59 Å². The number of aromatic nitrogens is 1. The lowest BCUT2D eigenvalue weighted by Crippen LogP contribution is -2.45. The van der Waals surface area contributed by atoms with Crippen LogP contribution in [0.1, 0.15) is 18.4 Å². The maximum atomic E-state index is 12.4. The molecular weight excluding hydrogens is 445 g/mol. The van der Waals surface area contributed by atoms with Crippen molar-refractivity contribution in [2.45, 2.75) is 23.5 Å². The third kappa shape index (κ3) is 4.94. The average molecular weight is 465 g/mol. The van der Waals surface area contributed by atoms with Crippen molar-refractivity contribution in [3.8, 4) is 0 Å². The Morgan fingerprint density at radius 1 is 1.19 bits per heavy atom. The fourth-order valence-electron chi connectivity index (χ4n) is 2.84. The zero-order chi connectivity index (χ0) is 18.4. The molecule has 136 valence electrons. The number of carbonyl (C=O) groups is 2. The lowest BCUT2D eigenvalue weighted by Gasteiger charge is -2.35. The number of pyridine rings is 1. The van der Waals surface area contributed by atoms with Crippen molar-refractivity contribution in [3.05, 3.63) is 60.4 Å². The summed E-state index contributed by atoms with van der Waals surface area (Å²) < 4.78 is 5.33. The Bertz CT molecular complexity index is 742. The van der Waals surface area contributed by atoms with Crippen molar-refractivity contribution in [3.63, 3.8) is 0 Å². The second-order valence-electron chi connectivity index (χ2n) is 6.11. The van der Waals surface area contributed by atoms with Crippen LogP contribution < -0.4 is 5.32 Å². The van der Waals surface area contributed by atoms with Gasteiger partial charge in [0.25, 0.3) is 0 Å². The van der Waals surface area contributed by atoms with Crippen LogP contribution in [-0.4, -0.2) is 32.5 Å². The molecule has 0 spiro atoms. The molecule has 0 aliphatic carbocycles. The first-order valence-corrected chi connectivity index (χ1v) is 9.70. The highest BCUT2D eigenvalue weighted by atomic mass is 127. The molecule has 1 fully saturated rings. The van der Waals surface area contributed by atoms with E-state index in [0.29, 0.717) is 19.4 Å². The van der Waals surface area contributed by atoms with Crippen LogP contribution >= 0.6 is 22.6 Å². The number of piperidine rings is 1. The molecule has 0 saturated carbocycles. The molecule has 1 aliphatic heterocycles. The van der Waals surface area contributed by atoms with Crippen molar-refractivity contribution < 1.29 is 14.3 Å². The molecule has 1 N–H and O–H groups in total. The van der Waals surface area contributed by atoms with E-state index >= 15 is 0 Å². The molecule has 1 aromatic carbocycles. The van der Waals surface area contributed by atoms with E-state index in [4.69, 9.17) is 4.74 Å². The summed E-state index contributed by atoms with van der Waals surface area (Å²) in [7, 11) is 0. The molecule has 1 saturated heterocycles. The van der Waals surface area contributed by atoms with Gasteiger partial charge < -0.3 is 10.1 Å². The molecule has 0 radical (unpaired) electrons. The van der Waals surface area contributed by atoms with Gasteiger partial charge in [-0.15, -0.1) is 0 Å². The summed E-state index contributed by atoms with van der Waals surface area (Å²) in [5.41, 5.74) is 1.69. The molecule has 2 amide bonds. The number of ether oxygens (including phenoxy) is 1. The van der Waals surface area contributed by atoms with Crippen LogP contribution in [0.3, 0.4) is 0 Å². The van der Waals surface area contributed by atoms with Crippen molar-refractivity contribution in [2.75, 3.05) is 11.9 Å². The second-order valence-corrected chi connectivity index (χ2v) is 7.55. The predicted octanol–water partition coefficient (Wildman–Crippen LogP) is 3.83. The molecule has 2 heterocycles. The Kier molecular flexibility index (Phi) is 6.43. The predicted molar refractivity (Wildman–Crippen MR) is 107 cm³/mol. The quantitative estimate of drug-likeness (QED) is 0.424. The zero-order valence-corrected chi connectivity index (χ0v) is 16.3. The van der Waals surface area contributed by atoms with Crippen LogP contribution in [-0.2, 0) is 16.1 Å². The monoisotopic (exact) mass is 465 g/mol. The maximum absolute atomic E-state index is 12.4. The van der Waals surface area contributed by atoms with E-state index in [1.54, 1.807) is 29.4 Å². The van der Waals surface area contributed by atoms with Crippen LogP contribution in [0.25, 0.3) is 0 Å². The number of likely N-dealkylation sites (tertiary alicyclic amines) is 1. The summed E-state index contributed by atoms with van der Waals surface area (Å²) in [5, 5.41) is 2.91. The third-order valence-electron chi connectivity index (χ3n) is 4.29. The molecule has 6 nitrogen and oxygen atoms in total. The number of anilines is 1. The van der Waals surface area contributed by atoms with Crippen LogP contribution in [0, 0.1) is 5.92 Å². The van der Waals surface area contributed by atoms with Gasteiger partial charge in [0.1, 0.15) is 6.61 Å². The van der Waals surface area contributed by atoms with Crippen molar-refractivity contribution in [2.24, 2.45) is 5.92 Å². The molecular formula is C19H20IN3O3. The minimum atomic E-state index is -0.332. The summed E-state index contributed by atoms with van der Waals surface area (Å²) in [4.78, 5) is 30.4. The van der Waals surface area contributed by atoms with Crippen LogP contribution in [0.15, 0.2) is 54.9 Å². The number of halogens is 1. The van der Waals surface area contributed by atoms with Gasteiger partial charge in [0.2, 0.25) is 5.91 Å². The number of nitrogens with one attached hydrogen (secondary N) is 1. The minimum Gasteiger partial charge on any atom is -0.445 e. The molecule has 26 heavy (non-hydrogen) atoms. The maximum Gasteiger partial charge on any atom is 0.410 e. The van der Waals surface area contributed by atoms with E-state index in [-0.39, 0.29) is 28.6 Å². The first-order chi connectivity index (χ1) is 12.6. The fraction of sp³-hybridized carbons (Fsp3) is 0.316. The summed E-state index contributed by atoms with van der Waals surface area (Å²) >= 11 is 2.20. The van der Waals surface area contributed by atoms with Crippen molar-refractivity contribution in [1.29, 1.82) is 0 Å². The average Bonchev–Trinajstić information content (AvgIpc) is 2.67. The Hall–Kier alpha value is -2.16. The summed E-state index contributed by atoms with van der Waals surface area (Å²) in [5.74, 6) is -0.140. The SMILES string of the molecule is O=C(Nc1ccncc1)C1CCN(C(=O)OCc2ccccc2)C(I)C1. The normalized spacial score (nSPS) is 19.7. The second kappa shape index (κ2) is 8.98. The number of rotatable bonds is 4. The van der Waals surface area contributed by atoms with Gasteiger partial charge in [0.15, 0.2) is 0 Å². The molecule has 2 atom stereocenters. The van der Waals surface area contributed by atoms with E-state index in [1.165, 1.54) is 0 Å². The molecule has 2 unspecified atom stereocenters. The van der Waals surface area contributed by atoms with E-state index < -0.39 is 0 Å². The van der Waals surface area contributed by atoms with Gasteiger partial charge in [-0.2, -0.15) is 0 Å². The van der Waals surface area contributed by atoms with Gasteiger partial charge in [0, 0.05) is 30.5 Å². The van der Waals surface area contributed by atoms with Gasteiger partial charge in [-0.1, -0.05) is 52.9 Å². The lowest BCUT2D eigenvalue weighted by molar-refractivity contribution is -0.121. The van der Waals surface area contributed by atoms with Gasteiger partial charge in [-0.3, -0.25) is 14.7 Å². The van der Waals surface area contributed by atoms with E-state index in [1.807, 2.05) is 30.3 Å². The smallest absolute Gasteiger partial charge is 0.410 e. The third-order valence-corrected chi connectivity index (χ3v) is 5.47. The molecule has 3 rings (SSSR count). The van der Waals surface area contributed by atoms with Gasteiger partial charge in [-0.25, -0.2) is 4.79 Å². The molecule has 0 bridgehead atoms. The van der Waals surface area contributed by atoms with Crippen LogP contribution in [0.5, 0.6) is 0 Å². The Balaban J connectivity index is 1.49. The lowest BCUT2D eigenvalue weighted by atomic mass is 9.96. The number of nitrogens with zero attached hydrogens (tertiary/aromatic N) is 2. The fourth-order valence-corrected chi connectivity index (χ4v) is 3.96. The first kappa shape index (κ1) is 18.6. The van der Waals surface area contributed by atoms with Crippen LogP contribution in [0.2, 0.25) is 0 Å². The first-order valence-electron chi connectivity index (χ1n) is 8.46. The molecule has 1 aromatic heterocycles. The number of amides is 2. The Morgan fingerprint density at radius 2 is 1.92 bits per heavy atom. The minimum absolute atomic E-state index is 0.0184. The highest BCUT2D eigenvalue weighted by molar-refractivity contribution is 14.1. The van der Waals surface area contributed by atoms with Crippen molar-refractivity contribution >= 4 is 40.3 Å². The standard InChI is InChI=1S/C19H20IN3O3/c20-17-12-15(18(24)22-16-6-9-21-10-7-16)8-11-23(17)19(25)26-13-14-4-2-1-3-5-14/h1-7,9-10,15,17H,8,11-13H2,(H,21,22,24). The van der Waals surface area contributed by atoms with Crippen LogP contribution in [0.4, 0.5) is 10.5 Å². The van der Waals surface area contributed by atoms with Gasteiger partial charge in [0.05, 0.1) is 4.05 Å².